The van der Waals surface area contributed by atoms with Crippen LogP contribution in [0.15, 0.2) is 35.8 Å². The summed E-state index contributed by atoms with van der Waals surface area (Å²) in [4.78, 5) is 5.27. The third-order valence-corrected chi connectivity index (χ3v) is 3.77. The molecule has 0 saturated heterocycles. The molecule has 0 amide bonds. The number of thiazole rings is 1. The molecule has 0 aliphatic heterocycles. The molecule has 0 N–H and O–H groups in total. The van der Waals surface area contributed by atoms with Gasteiger partial charge in [0.15, 0.2) is 4.96 Å². The molecule has 0 aliphatic carbocycles. The number of rotatable bonds is 2. The van der Waals surface area contributed by atoms with Crippen LogP contribution in [0.5, 0.6) is 0 Å². The molecule has 1 aromatic carbocycles. The second-order valence-corrected chi connectivity index (χ2v) is 5.03. The van der Waals surface area contributed by atoms with E-state index in [9.17, 15) is 0 Å². The molecule has 0 bridgehead atoms. The van der Waals surface area contributed by atoms with Gasteiger partial charge in [-0.1, -0.05) is 29.8 Å². The predicted octanol–water partition coefficient (Wildman–Crippen LogP) is 3.44. The van der Waals surface area contributed by atoms with Crippen molar-refractivity contribution in [2.45, 2.75) is 13.3 Å². The monoisotopic (exact) mass is 253 g/mol. The van der Waals surface area contributed by atoms with E-state index in [1.165, 1.54) is 5.56 Å². The molecule has 3 nitrogen and oxygen atoms in total. The van der Waals surface area contributed by atoms with Crippen LogP contribution < -0.4 is 0 Å². The highest BCUT2D eigenvalue weighted by atomic mass is 32.1. The maximum Gasteiger partial charge on any atom is 0.194 e. The van der Waals surface area contributed by atoms with Crippen LogP contribution in [0.25, 0.3) is 16.2 Å². The Balaban J connectivity index is 2.20. The van der Waals surface area contributed by atoms with Crippen molar-refractivity contribution >= 4 is 16.3 Å². The highest BCUT2D eigenvalue weighted by Gasteiger charge is 2.11. The van der Waals surface area contributed by atoms with Gasteiger partial charge < -0.3 is 0 Å². The van der Waals surface area contributed by atoms with Crippen molar-refractivity contribution in [3.05, 3.63) is 47.1 Å². The maximum absolute atomic E-state index is 8.85. The molecule has 0 fully saturated rings. The Bertz CT molecular complexity index is 729. The molecule has 3 rings (SSSR count). The highest BCUT2D eigenvalue weighted by Crippen LogP contribution is 2.27. The van der Waals surface area contributed by atoms with Gasteiger partial charge in [-0.2, -0.15) is 5.26 Å². The van der Waals surface area contributed by atoms with Gasteiger partial charge in [0.25, 0.3) is 0 Å². The minimum absolute atomic E-state index is 0.386. The third-order valence-electron chi connectivity index (χ3n) is 2.93. The molecular weight excluding hydrogens is 242 g/mol. The van der Waals surface area contributed by atoms with Crippen LogP contribution in [-0.4, -0.2) is 9.38 Å². The molecule has 18 heavy (non-hydrogen) atoms. The van der Waals surface area contributed by atoms with Crippen LogP contribution in [-0.2, 0) is 6.42 Å². The van der Waals surface area contributed by atoms with Gasteiger partial charge in [0.2, 0.25) is 0 Å². The van der Waals surface area contributed by atoms with Gasteiger partial charge in [-0.15, -0.1) is 11.3 Å². The van der Waals surface area contributed by atoms with E-state index in [2.05, 4.69) is 52.0 Å². The Morgan fingerprint density at radius 1 is 1.33 bits per heavy atom. The Hall–Kier alpha value is -2.12. The zero-order chi connectivity index (χ0) is 12.5. The van der Waals surface area contributed by atoms with Crippen LogP contribution in [0.4, 0.5) is 0 Å². The number of aryl methyl sites for hydroxylation is 1. The van der Waals surface area contributed by atoms with Gasteiger partial charge in [-0.05, 0) is 12.5 Å². The van der Waals surface area contributed by atoms with Crippen molar-refractivity contribution in [3.8, 4) is 17.3 Å². The molecule has 3 aromatic rings. The molecular formula is C14H11N3S. The van der Waals surface area contributed by atoms with Gasteiger partial charge in [-0.25, -0.2) is 4.98 Å². The van der Waals surface area contributed by atoms with E-state index in [1.54, 1.807) is 17.5 Å². The summed E-state index contributed by atoms with van der Waals surface area (Å²) in [6.07, 6.45) is 2.17. The number of fused-ring (bicyclic) bond motifs is 1. The first-order valence-electron chi connectivity index (χ1n) is 5.67. The number of imidazole rings is 1. The largest absolute Gasteiger partial charge is 0.286 e. The number of aromatic nitrogens is 2. The SMILES string of the molecule is Cc1ccc(-c2csc3ncc(CC#N)n23)cc1. The van der Waals surface area contributed by atoms with E-state index in [0.717, 1.165) is 21.9 Å². The van der Waals surface area contributed by atoms with Crippen molar-refractivity contribution in [2.24, 2.45) is 0 Å². The fourth-order valence-electron chi connectivity index (χ4n) is 2.00. The molecule has 88 valence electrons. The molecule has 0 aliphatic rings. The molecule has 0 spiro atoms. The first-order valence-corrected chi connectivity index (χ1v) is 6.55. The van der Waals surface area contributed by atoms with Crippen molar-refractivity contribution in [1.82, 2.24) is 9.38 Å². The van der Waals surface area contributed by atoms with E-state index in [1.807, 2.05) is 0 Å². The fraction of sp³-hybridized carbons (Fsp3) is 0.143. The summed E-state index contributed by atoms with van der Waals surface area (Å²) < 4.78 is 2.07. The van der Waals surface area contributed by atoms with Crippen LogP contribution in [0.3, 0.4) is 0 Å². The van der Waals surface area contributed by atoms with Gasteiger partial charge in [0.05, 0.1) is 30.1 Å². The Kier molecular flexibility index (Phi) is 2.62. The predicted molar refractivity (Wildman–Crippen MR) is 72.6 cm³/mol. The molecule has 0 radical (unpaired) electrons. The Morgan fingerprint density at radius 3 is 2.83 bits per heavy atom. The fourth-order valence-corrected chi connectivity index (χ4v) is 2.89. The third kappa shape index (κ3) is 1.69. The lowest BCUT2D eigenvalue weighted by Crippen LogP contribution is -1.92. The highest BCUT2D eigenvalue weighted by molar-refractivity contribution is 7.15. The number of nitriles is 1. The van der Waals surface area contributed by atoms with Crippen LogP contribution in [0.2, 0.25) is 0 Å². The summed E-state index contributed by atoms with van der Waals surface area (Å²) in [7, 11) is 0. The van der Waals surface area contributed by atoms with Crippen LogP contribution in [0.1, 0.15) is 11.3 Å². The zero-order valence-corrected chi connectivity index (χ0v) is 10.7. The minimum atomic E-state index is 0.386. The normalized spacial score (nSPS) is 10.7. The number of hydrogen-bond acceptors (Lipinski definition) is 3. The first kappa shape index (κ1) is 11.0. The Labute approximate surface area is 109 Å². The molecule has 4 heteroatoms. The van der Waals surface area contributed by atoms with Gasteiger partial charge in [0, 0.05) is 5.38 Å². The zero-order valence-electron chi connectivity index (χ0n) is 9.92. The van der Waals surface area contributed by atoms with E-state index in [4.69, 9.17) is 5.26 Å². The Morgan fingerprint density at radius 2 is 2.11 bits per heavy atom. The summed E-state index contributed by atoms with van der Waals surface area (Å²) in [6, 6.07) is 10.6. The second-order valence-electron chi connectivity index (χ2n) is 4.19. The van der Waals surface area contributed by atoms with Gasteiger partial charge in [0.1, 0.15) is 0 Å². The molecule has 0 unspecified atom stereocenters. The second kappa shape index (κ2) is 4.28. The number of hydrogen-bond donors (Lipinski definition) is 0. The maximum atomic E-state index is 8.85. The van der Waals surface area contributed by atoms with Crippen molar-refractivity contribution < 1.29 is 0 Å². The molecule has 0 atom stereocenters. The van der Waals surface area contributed by atoms with Gasteiger partial charge in [-0.3, -0.25) is 4.40 Å². The summed E-state index contributed by atoms with van der Waals surface area (Å²) in [5.74, 6) is 0. The number of benzene rings is 1. The van der Waals surface area contributed by atoms with Crippen LogP contribution in [0, 0.1) is 18.3 Å². The van der Waals surface area contributed by atoms with E-state index in [-0.39, 0.29) is 0 Å². The standard InChI is InChI=1S/C14H11N3S/c1-10-2-4-11(5-3-10)13-9-18-14-16-8-12(6-7-15)17(13)14/h2-5,8-9H,6H2,1H3. The lowest BCUT2D eigenvalue weighted by Gasteiger charge is -2.02. The van der Waals surface area contributed by atoms with Crippen molar-refractivity contribution in [3.63, 3.8) is 0 Å². The molecule has 2 heterocycles. The summed E-state index contributed by atoms with van der Waals surface area (Å²) >= 11 is 1.60. The van der Waals surface area contributed by atoms with E-state index in [0.29, 0.717) is 6.42 Å². The minimum Gasteiger partial charge on any atom is -0.286 e. The lowest BCUT2D eigenvalue weighted by molar-refractivity contribution is 1.08. The summed E-state index contributed by atoms with van der Waals surface area (Å²) in [5, 5.41) is 10.9. The average molecular weight is 253 g/mol. The lowest BCUT2D eigenvalue weighted by atomic mass is 10.1. The van der Waals surface area contributed by atoms with Crippen molar-refractivity contribution in [2.75, 3.05) is 0 Å². The molecule has 0 saturated carbocycles. The molecule has 2 aromatic heterocycles. The van der Waals surface area contributed by atoms with Crippen LogP contribution >= 0.6 is 11.3 Å². The number of nitrogens with zero attached hydrogens (tertiary/aromatic N) is 3. The topological polar surface area (TPSA) is 41.1 Å². The van der Waals surface area contributed by atoms with E-state index < -0.39 is 0 Å². The van der Waals surface area contributed by atoms with E-state index >= 15 is 0 Å². The quantitative estimate of drug-likeness (QED) is 0.702. The van der Waals surface area contributed by atoms with Crippen molar-refractivity contribution in [1.29, 1.82) is 5.26 Å². The first-order chi connectivity index (χ1) is 8.79. The smallest absolute Gasteiger partial charge is 0.194 e. The summed E-state index contributed by atoms with van der Waals surface area (Å²) in [6.45, 7) is 2.07. The summed E-state index contributed by atoms with van der Waals surface area (Å²) in [5.41, 5.74) is 4.46. The average Bonchev–Trinajstić information content (AvgIpc) is 2.94. The van der Waals surface area contributed by atoms with Gasteiger partial charge >= 0.3 is 0 Å².